The van der Waals surface area contributed by atoms with E-state index in [9.17, 15) is 14.4 Å². The minimum Gasteiger partial charge on any atom is -0.490 e. The van der Waals surface area contributed by atoms with Crippen LogP contribution in [0.25, 0.3) is 5.69 Å². The van der Waals surface area contributed by atoms with Gasteiger partial charge in [-0.2, -0.15) is 4.68 Å². The number of halogens is 1. The van der Waals surface area contributed by atoms with Gasteiger partial charge in [-0.25, -0.2) is 14.0 Å². The molecule has 0 bridgehead atoms. The number of aromatic nitrogens is 3. The van der Waals surface area contributed by atoms with Gasteiger partial charge in [0.1, 0.15) is 22.9 Å². The van der Waals surface area contributed by atoms with Crippen LogP contribution in [0.5, 0.6) is 5.75 Å². The maximum Gasteiger partial charge on any atom is 0.410 e. The van der Waals surface area contributed by atoms with Crippen molar-refractivity contribution in [3.05, 3.63) is 39.8 Å². The van der Waals surface area contributed by atoms with Gasteiger partial charge in [-0.3, -0.25) is 9.36 Å². The number of benzene rings is 1. The highest BCUT2D eigenvalue weighted by atomic mass is 19.1. The molecule has 1 atom stereocenters. The standard InChI is InChI=1S/C27H42FN5O5/c1-10-13-17(4)37-22-15-21(20(28)14-19(22)24(34)29-18(11-2)12-3)33-25(35)32(9)23(30-33)16-31(8)26(36)38-27(5,6)7/h14-15,17-18H,10-13,16H2,1-9H3,(H,29,34)/t17-/m0/s1. The quantitative estimate of drug-likeness (QED) is 0.452. The molecule has 0 aliphatic heterocycles. The van der Waals surface area contributed by atoms with Crippen LogP contribution in [0.3, 0.4) is 0 Å². The van der Waals surface area contributed by atoms with E-state index >= 15 is 4.39 Å². The topological polar surface area (TPSA) is 108 Å². The van der Waals surface area contributed by atoms with E-state index < -0.39 is 29.1 Å². The molecule has 38 heavy (non-hydrogen) atoms. The molecular weight excluding hydrogens is 493 g/mol. The zero-order valence-corrected chi connectivity index (χ0v) is 24.1. The highest BCUT2D eigenvalue weighted by molar-refractivity contribution is 5.97. The Balaban J connectivity index is 2.51. The molecule has 0 aliphatic rings. The lowest BCUT2D eigenvalue weighted by Crippen LogP contribution is -2.34. The van der Waals surface area contributed by atoms with E-state index in [0.29, 0.717) is 0 Å². The van der Waals surface area contributed by atoms with Crippen LogP contribution in [0.1, 0.15) is 90.3 Å². The fourth-order valence-electron chi connectivity index (χ4n) is 3.81. The van der Waals surface area contributed by atoms with Gasteiger partial charge in [0.2, 0.25) is 0 Å². The molecule has 0 saturated carbocycles. The fraction of sp³-hybridized carbons (Fsp3) is 0.630. The van der Waals surface area contributed by atoms with Gasteiger partial charge in [-0.1, -0.05) is 27.2 Å². The number of nitrogens with zero attached hydrogens (tertiary/aromatic N) is 4. The smallest absolute Gasteiger partial charge is 0.410 e. The third kappa shape index (κ3) is 7.82. The lowest BCUT2D eigenvalue weighted by atomic mass is 10.1. The average molecular weight is 536 g/mol. The Kier molecular flexibility index (Phi) is 10.5. The van der Waals surface area contributed by atoms with Crippen LogP contribution in [0, 0.1) is 5.82 Å². The highest BCUT2D eigenvalue weighted by Gasteiger charge is 2.25. The fourth-order valence-corrected chi connectivity index (χ4v) is 3.81. The zero-order valence-electron chi connectivity index (χ0n) is 24.1. The Labute approximate surface area is 224 Å². The first kappa shape index (κ1) is 30.9. The molecule has 212 valence electrons. The molecular formula is C27H42FN5O5. The third-order valence-corrected chi connectivity index (χ3v) is 6.02. The van der Waals surface area contributed by atoms with E-state index in [1.54, 1.807) is 20.8 Å². The monoisotopic (exact) mass is 535 g/mol. The predicted octanol–water partition coefficient (Wildman–Crippen LogP) is 4.56. The maximum atomic E-state index is 15.4. The van der Waals surface area contributed by atoms with Gasteiger partial charge in [-0.15, -0.1) is 5.10 Å². The van der Waals surface area contributed by atoms with Crippen LogP contribution in [0.15, 0.2) is 16.9 Å². The van der Waals surface area contributed by atoms with E-state index in [1.165, 1.54) is 29.6 Å². The SMILES string of the molecule is CCC[C@H](C)Oc1cc(-n2nc(CN(C)C(=O)OC(C)(C)C)n(C)c2=O)c(F)cc1C(=O)NC(CC)CC. The summed E-state index contributed by atoms with van der Waals surface area (Å²) in [6, 6.07) is 2.35. The van der Waals surface area contributed by atoms with Crippen molar-refractivity contribution in [1.29, 1.82) is 0 Å². The Morgan fingerprint density at radius 2 is 1.82 bits per heavy atom. The van der Waals surface area contributed by atoms with Gasteiger partial charge in [-0.05, 0) is 53.0 Å². The van der Waals surface area contributed by atoms with Crippen molar-refractivity contribution in [3.63, 3.8) is 0 Å². The van der Waals surface area contributed by atoms with Gasteiger partial charge in [0.15, 0.2) is 5.82 Å². The summed E-state index contributed by atoms with van der Waals surface area (Å²) in [5.74, 6) is -0.866. The van der Waals surface area contributed by atoms with Crippen molar-refractivity contribution < 1.29 is 23.5 Å². The van der Waals surface area contributed by atoms with E-state index in [2.05, 4.69) is 10.4 Å². The first-order valence-corrected chi connectivity index (χ1v) is 13.1. The molecule has 0 fully saturated rings. The minimum atomic E-state index is -0.803. The molecule has 0 saturated heterocycles. The van der Waals surface area contributed by atoms with Crippen LogP contribution < -0.4 is 15.7 Å². The van der Waals surface area contributed by atoms with Crippen molar-refractivity contribution >= 4 is 12.0 Å². The van der Waals surface area contributed by atoms with Gasteiger partial charge in [0, 0.05) is 26.2 Å². The number of carbonyl (C=O) groups is 2. The van der Waals surface area contributed by atoms with Crippen molar-refractivity contribution in [2.45, 2.75) is 98.4 Å². The van der Waals surface area contributed by atoms with Crippen molar-refractivity contribution in [2.24, 2.45) is 7.05 Å². The Bertz CT molecular complexity index is 1180. The minimum absolute atomic E-state index is 0.0396. The molecule has 1 heterocycles. The lowest BCUT2D eigenvalue weighted by Gasteiger charge is -2.24. The van der Waals surface area contributed by atoms with Crippen LogP contribution >= 0.6 is 0 Å². The van der Waals surface area contributed by atoms with Crippen molar-refractivity contribution in [2.75, 3.05) is 7.05 Å². The normalized spacial score (nSPS) is 12.4. The molecule has 1 aromatic heterocycles. The van der Waals surface area contributed by atoms with Gasteiger partial charge < -0.3 is 19.7 Å². The molecule has 1 N–H and O–H groups in total. The molecule has 11 heteroatoms. The molecule has 0 aliphatic carbocycles. The average Bonchev–Trinajstić information content (AvgIpc) is 3.10. The molecule has 0 radical (unpaired) electrons. The molecule has 2 amide bonds. The van der Waals surface area contributed by atoms with Gasteiger partial charge >= 0.3 is 11.8 Å². The summed E-state index contributed by atoms with van der Waals surface area (Å²) < 4.78 is 29.0. The molecule has 1 aromatic carbocycles. The summed E-state index contributed by atoms with van der Waals surface area (Å²) in [5, 5.41) is 7.20. The summed E-state index contributed by atoms with van der Waals surface area (Å²) in [6.07, 6.45) is 2.23. The van der Waals surface area contributed by atoms with Crippen molar-refractivity contribution in [3.8, 4) is 11.4 Å². The summed E-state index contributed by atoms with van der Waals surface area (Å²) in [5.41, 5.74) is -1.41. The van der Waals surface area contributed by atoms with Crippen LogP contribution in [-0.2, 0) is 18.3 Å². The Morgan fingerprint density at radius 1 is 1.18 bits per heavy atom. The number of carbonyl (C=O) groups excluding carboxylic acids is 2. The predicted molar refractivity (Wildman–Crippen MR) is 143 cm³/mol. The number of hydrogen-bond acceptors (Lipinski definition) is 6. The second-order valence-corrected chi connectivity index (χ2v) is 10.5. The first-order valence-electron chi connectivity index (χ1n) is 13.1. The second-order valence-electron chi connectivity index (χ2n) is 10.5. The van der Waals surface area contributed by atoms with Gasteiger partial charge in [0.05, 0.1) is 18.2 Å². The van der Waals surface area contributed by atoms with E-state index in [0.717, 1.165) is 36.4 Å². The summed E-state index contributed by atoms with van der Waals surface area (Å²) >= 11 is 0. The molecule has 2 rings (SSSR count). The number of hydrogen-bond donors (Lipinski definition) is 1. The largest absolute Gasteiger partial charge is 0.490 e. The number of rotatable bonds is 11. The lowest BCUT2D eigenvalue weighted by molar-refractivity contribution is 0.0279. The summed E-state index contributed by atoms with van der Waals surface area (Å²) in [6.45, 7) is 13.0. The Hall–Kier alpha value is -3.37. The highest BCUT2D eigenvalue weighted by Crippen LogP contribution is 2.27. The zero-order chi connectivity index (χ0) is 28.8. The number of amides is 2. The second kappa shape index (κ2) is 12.9. The summed E-state index contributed by atoms with van der Waals surface area (Å²) in [7, 11) is 3.01. The van der Waals surface area contributed by atoms with Crippen molar-refractivity contribution in [1.82, 2.24) is 24.6 Å². The van der Waals surface area contributed by atoms with E-state index in [1.807, 2.05) is 27.7 Å². The number of nitrogens with one attached hydrogen (secondary N) is 1. The van der Waals surface area contributed by atoms with E-state index in [4.69, 9.17) is 9.47 Å². The third-order valence-electron chi connectivity index (χ3n) is 6.02. The molecule has 10 nitrogen and oxygen atoms in total. The number of ether oxygens (including phenoxy) is 2. The Morgan fingerprint density at radius 3 is 2.37 bits per heavy atom. The van der Waals surface area contributed by atoms with E-state index in [-0.39, 0.29) is 41.5 Å². The van der Waals surface area contributed by atoms with Crippen LogP contribution in [-0.4, -0.2) is 56.0 Å². The summed E-state index contributed by atoms with van der Waals surface area (Å²) in [4.78, 5) is 39.7. The van der Waals surface area contributed by atoms with Crippen LogP contribution in [0.4, 0.5) is 9.18 Å². The maximum absolute atomic E-state index is 15.4. The van der Waals surface area contributed by atoms with Gasteiger partial charge in [0.25, 0.3) is 5.91 Å². The first-order chi connectivity index (χ1) is 17.7. The molecule has 2 aromatic rings. The molecule has 0 unspecified atom stereocenters. The molecule has 0 spiro atoms. The van der Waals surface area contributed by atoms with Crippen LogP contribution in [0.2, 0.25) is 0 Å².